The standard InChI is InChI=1S/C22H30ClN3O4/c1-5-26(11-6-8-18-15-21(28)25(4)22(29)24(18)3)12-7-13-30-20-10-9-17(23)14-19(20)16(2)27/h9-10,14-15H,5-8,11-13H2,1-4H3. The molecule has 0 amide bonds. The van der Waals surface area contributed by atoms with Gasteiger partial charge in [-0.15, -0.1) is 0 Å². The third-order valence-corrected chi connectivity index (χ3v) is 5.41. The van der Waals surface area contributed by atoms with E-state index in [1.54, 1.807) is 25.2 Å². The van der Waals surface area contributed by atoms with Crippen LogP contribution in [-0.2, 0) is 20.5 Å². The summed E-state index contributed by atoms with van der Waals surface area (Å²) in [6.45, 7) is 6.71. The Labute approximate surface area is 181 Å². The van der Waals surface area contributed by atoms with Crippen LogP contribution in [0.1, 0.15) is 42.7 Å². The van der Waals surface area contributed by atoms with Crippen LogP contribution in [0.3, 0.4) is 0 Å². The fourth-order valence-electron chi connectivity index (χ4n) is 3.30. The predicted molar refractivity (Wildman–Crippen MR) is 119 cm³/mol. The maximum Gasteiger partial charge on any atom is 0.330 e. The second-order valence-electron chi connectivity index (χ2n) is 7.31. The smallest absolute Gasteiger partial charge is 0.330 e. The molecule has 0 aliphatic rings. The molecule has 0 aliphatic heterocycles. The lowest BCUT2D eigenvalue weighted by Gasteiger charge is -2.21. The highest BCUT2D eigenvalue weighted by Gasteiger charge is 2.10. The summed E-state index contributed by atoms with van der Waals surface area (Å²) in [5.41, 5.74) is 0.676. The molecule has 0 unspecified atom stereocenters. The highest BCUT2D eigenvalue weighted by molar-refractivity contribution is 6.31. The first-order valence-electron chi connectivity index (χ1n) is 10.2. The lowest BCUT2D eigenvalue weighted by Crippen LogP contribution is -2.38. The van der Waals surface area contributed by atoms with E-state index in [0.29, 0.717) is 29.4 Å². The molecule has 0 spiro atoms. The zero-order chi connectivity index (χ0) is 22.3. The second-order valence-corrected chi connectivity index (χ2v) is 7.75. The van der Waals surface area contributed by atoms with E-state index in [2.05, 4.69) is 11.8 Å². The van der Waals surface area contributed by atoms with Crippen LogP contribution in [0, 0.1) is 0 Å². The van der Waals surface area contributed by atoms with Crippen molar-refractivity contribution in [1.29, 1.82) is 0 Å². The first-order chi connectivity index (χ1) is 14.2. The van der Waals surface area contributed by atoms with Crippen molar-refractivity contribution in [2.24, 2.45) is 14.1 Å². The second kappa shape index (κ2) is 11.1. The topological polar surface area (TPSA) is 73.5 Å². The van der Waals surface area contributed by atoms with Gasteiger partial charge in [0.05, 0.1) is 12.2 Å². The van der Waals surface area contributed by atoms with Crippen molar-refractivity contribution < 1.29 is 9.53 Å². The summed E-state index contributed by atoms with van der Waals surface area (Å²) in [5.74, 6) is 0.481. The third kappa shape index (κ3) is 6.31. The number of hydrogen-bond donors (Lipinski definition) is 0. The Morgan fingerprint density at radius 3 is 2.47 bits per heavy atom. The Kier molecular flexibility index (Phi) is 8.87. The minimum atomic E-state index is -0.297. The Bertz CT molecular complexity index is 997. The van der Waals surface area contributed by atoms with E-state index in [1.165, 1.54) is 24.6 Å². The van der Waals surface area contributed by atoms with E-state index in [0.717, 1.165) is 42.7 Å². The summed E-state index contributed by atoms with van der Waals surface area (Å²) in [4.78, 5) is 37.9. The molecule has 0 atom stereocenters. The Balaban J connectivity index is 1.82. The fourth-order valence-corrected chi connectivity index (χ4v) is 3.48. The van der Waals surface area contributed by atoms with E-state index in [9.17, 15) is 14.4 Å². The zero-order valence-corrected chi connectivity index (χ0v) is 18.9. The molecule has 0 N–H and O–H groups in total. The van der Waals surface area contributed by atoms with E-state index in [4.69, 9.17) is 16.3 Å². The molecule has 0 saturated heterocycles. The van der Waals surface area contributed by atoms with Crippen molar-refractivity contribution in [3.05, 3.63) is 61.4 Å². The number of aromatic nitrogens is 2. The fraction of sp³-hybridized carbons (Fsp3) is 0.500. The molecule has 1 heterocycles. The molecule has 0 radical (unpaired) electrons. The molecule has 2 aromatic rings. The van der Waals surface area contributed by atoms with Gasteiger partial charge in [-0.1, -0.05) is 18.5 Å². The van der Waals surface area contributed by atoms with Crippen LogP contribution in [0.2, 0.25) is 5.02 Å². The van der Waals surface area contributed by atoms with Crippen molar-refractivity contribution in [3.8, 4) is 5.75 Å². The molecule has 164 valence electrons. The number of rotatable bonds is 11. The lowest BCUT2D eigenvalue weighted by atomic mass is 10.1. The van der Waals surface area contributed by atoms with E-state index in [1.807, 2.05) is 0 Å². The zero-order valence-electron chi connectivity index (χ0n) is 18.1. The van der Waals surface area contributed by atoms with Crippen LogP contribution in [0.25, 0.3) is 0 Å². The first-order valence-corrected chi connectivity index (χ1v) is 10.5. The Hall–Kier alpha value is -2.38. The summed E-state index contributed by atoms with van der Waals surface area (Å²) < 4.78 is 8.44. The van der Waals surface area contributed by atoms with E-state index >= 15 is 0 Å². The number of carbonyl (C=O) groups is 1. The van der Waals surface area contributed by atoms with Gasteiger partial charge in [-0.25, -0.2) is 4.79 Å². The number of carbonyl (C=O) groups excluding carboxylic acids is 1. The summed E-state index contributed by atoms with van der Waals surface area (Å²) in [6, 6.07) is 6.60. The van der Waals surface area contributed by atoms with E-state index < -0.39 is 0 Å². The monoisotopic (exact) mass is 435 g/mol. The van der Waals surface area contributed by atoms with E-state index in [-0.39, 0.29) is 17.0 Å². The Morgan fingerprint density at radius 2 is 1.80 bits per heavy atom. The van der Waals surface area contributed by atoms with Crippen LogP contribution in [-0.4, -0.2) is 46.1 Å². The van der Waals surface area contributed by atoms with Crippen LogP contribution in [0.15, 0.2) is 33.9 Å². The maximum absolute atomic E-state index is 12.0. The van der Waals surface area contributed by atoms with Crippen molar-refractivity contribution in [2.75, 3.05) is 26.2 Å². The van der Waals surface area contributed by atoms with Gasteiger partial charge in [0.25, 0.3) is 5.56 Å². The Morgan fingerprint density at radius 1 is 1.10 bits per heavy atom. The number of nitrogens with zero attached hydrogens (tertiary/aromatic N) is 3. The number of halogens is 1. The van der Waals surface area contributed by atoms with Gasteiger partial charge in [0.1, 0.15) is 5.75 Å². The summed E-state index contributed by atoms with van der Waals surface area (Å²) in [7, 11) is 3.18. The molecule has 1 aromatic carbocycles. The minimum absolute atomic E-state index is 0.0761. The van der Waals surface area contributed by atoms with Crippen molar-refractivity contribution in [1.82, 2.24) is 14.0 Å². The van der Waals surface area contributed by atoms with Crippen LogP contribution < -0.4 is 16.0 Å². The van der Waals surface area contributed by atoms with Crippen molar-refractivity contribution in [2.45, 2.75) is 33.1 Å². The van der Waals surface area contributed by atoms with Gasteiger partial charge in [0.15, 0.2) is 5.78 Å². The average molecular weight is 436 g/mol. The number of aryl methyl sites for hydroxylation is 1. The van der Waals surface area contributed by atoms with Gasteiger partial charge in [-0.2, -0.15) is 0 Å². The minimum Gasteiger partial charge on any atom is -0.493 e. The van der Waals surface area contributed by atoms with Gasteiger partial charge in [-0.3, -0.25) is 14.2 Å². The molecule has 7 nitrogen and oxygen atoms in total. The summed E-state index contributed by atoms with van der Waals surface area (Å²) in [5, 5.41) is 0.512. The molecule has 0 bridgehead atoms. The molecule has 0 saturated carbocycles. The molecule has 0 fully saturated rings. The largest absolute Gasteiger partial charge is 0.493 e. The average Bonchev–Trinajstić information content (AvgIpc) is 2.72. The number of hydrogen-bond acceptors (Lipinski definition) is 5. The number of ketones is 1. The predicted octanol–water partition coefficient (Wildman–Crippen LogP) is 2.66. The number of ether oxygens (including phenoxy) is 1. The summed E-state index contributed by atoms with van der Waals surface area (Å²) in [6.07, 6.45) is 2.33. The van der Waals surface area contributed by atoms with Crippen LogP contribution in [0.4, 0.5) is 0 Å². The molecule has 0 aliphatic carbocycles. The molecule has 1 aromatic heterocycles. The third-order valence-electron chi connectivity index (χ3n) is 5.18. The molecular weight excluding hydrogens is 406 g/mol. The van der Waals surface area contributed by atoms with Crippen molar-refractivity contribution in [3.63, 3.8) is 0 Å². The quantitative estimate of drug-likeness (QED) is 0.400. The van der Waals surface area contributed by atoms with Crippen molar-refractivity contribution >= 4 is 17.4 Å². The molecular formula is C22H30ClN3O4. The van der Waals surface area contributed by atoms with Gasteiger partial charge in [0.2, 0.25) is 0 Å². The van der Waals surface area contributed by atoms with Gasteiger partial charge < -0.3 is 14.2 Å². The SMILES string of the molecule is CCN(CCCOc1ccc(Cl)cc1C(C)=O)CCCc1cc(=O)n(C)c(=O)n1C. The summed E-state index contributed by atoms with van der Waals surface area (Å²) >= 11 is 5.96. The highest BCUT2D eigenvalue weighted by atomic mass is 35.5. The van der Waals surface area contributed by atoms with Gasteiger partial charge >= 0.3 is 5.69 Å². The van der Waals surface area contributed by atoms with Crippen LogP contribution >= 0.6 is 11.6 Å². The number of Topliss-reactive ketones (excluding diaryl/α,β-unsaturated/α-hetero) is 1. The normalized spacial score (nSPS) is 11.1. The molecule has 8 heteroatoms. The van der Waals surface area contributed by atoms with Gasteiger partial charge in [-0.05, 0) is 57.5 Å². The lowest BCUT2D eigenvalue weighted by molar-refractivity contribution is 0.101. The first kappa shape index (κ1) is 23.9. The highest BCUT2D eigenvalue weighted by Crippen LogP contribution is 2.23. The van der Waals surface area contributed by atoms with Crippen LogP contribution in [0.5, 0.6) is 5.75 Å². The van der Waals surface area contributed by atoms with Gasteiger partial charge in [0, 0.05) is 37.4 Å². The maximum atomic E-state index is 12.0. The molecule has 30 heavy (non-hydrogen) atoms. The number of benzene rings is 1. The molecule has 2 rings (SSSR count).